The number of aliphatic hydroxyl groups excluding tert-OH is 1. The van der Waals surface area contributed by atoms with E-state index in [1.54, 1.807) is 0 Å². The Morgan fingerprint density at radius 3 is 2.41 bits per heavy atom. The van der Waals surface area contributed by atoms with Gasteiger partial charge in [0.1, 0.15) is 5.75 Å². The Morgan fingerprint density at radius 1 is 1.28 bits per heavy atom. The van der Waals surface area contributed by atoms with Gasteiger partial charge in [-0.25, -0.2) is 4.85 Å². The number of carbonyl (C=O) groups excluding carboxylic acids is 1. The maximum absolute atomic E-state index is 13.0. The summed E-state index contributed by atoms with van der Waals surface area (Å²) in [6, 6.07) is 9.79. The fourth-order valence-electron chi connectivity index (χ4n) is 2.16. The molecule has 0 spiro atoms. The molecule has 1 amide bonds. The van der Waals surface area contributed by atoms with E-state index in [1.807, 2.05) is 6.07 Å². The Morgan fingerprint density at radius 2 is 1.90 bits per heavy atom. The lowest BCUT2D eigenvalue weighted by Crippen LogP contribution is -2.52. The van der Waals surface area contributed by atoms with Gasteiger partial charge in [-0.3, -0.25) is 4.79 Å². The van der Waals surface area contributed by atoms with Crippen molar-refractivity contribution in [3.05, 3.63) is 65.0 Å². The molecule has 29 heavy (non-hydrogen) atoms. The van der Waals surface area contributed by atoms with Crippen molar-refractivity contribution in [3.8, 4) is 11.8 Å². The molecule has 0 aliphatic heterocycles. The highest BCUT2D eigenvalue weighted by atomic mass is 19.4. The van der Waals surface area contributed by atoms with E-state index in [0.717, 1.165) is 19.1 Å². The van der Waals surface area contributed by atoms with Gasteiger partial charge in [0.05, 0.1) is 23.8 Å². The summed E-state index contributed by atoms with van der Waals surface area (Å²) in [6.07, 6.45) is -6.89. The highest BCUT2D eigenvalue weighted by molar-refractivity contribution is 5.97. The number of anilines is 1. The molecule has 10 heteroatoms. The monoisotopic (exact) mass is 405 g/mol. The number of nitriles is 1. The van der Waals surface area contributed by atoms with E-state index in [4.69, 9.17) is 16.6 Å². The minimum atomic E-state index is -4.82. The van der Waals surface area contributed by atoms with E-state index in [2.05, 4.69) is 10.2 Å². The zero-order valence-electron chi connectivity index (χ0n) is 14.9. The van der Waals surface area contributed by atoms with Crippen LogP contribution in [0, 0.1) is 17.9 Å². The van der Waals surface area contributed by atoms with Gasteiger partial charge >= 0.3 is 6.18 Å². The van der Waals surface area contributed by atoms with Gasteiger partial charge in [-0.2, -0.15) is 18.4 Å². The number of hydrogen-bond donors (Lipinski definition) is 3. The summed E-state index contributed by atoms with van der Waals surface area (Å²) in [5.41, 5.74) is -4.45. The number of benzene rings is 2. The van der Waals surface area contributed by atoms with Gasteiger partial charge in [-0.1, -0.05) is 6.07 Å². The number of alkyl halides is 3. The molecular weight excluding hydrogens is 391 g/mol. The predicted molar refractivity (Wildman–Crippen MR) is 94.8 cm³/mol. The molecule has 0 aliphatic carbocycles. The number of amides is 1. The Bertz CT molecular complexity index is 990. The molecule has 2 aromatic carbocycles. The average molecular weight is 405 g/mol. The number of hydrogen-bond acceptors (Lipinski definition) is 5. The van der Waals surface area contributed by atoms with Gasteiger partial charge in [-0.15, -0.1) is 0 Å². The van der Waals surface area contributed by atoms with Crippen molar-refractivity contribution < 1.29 is 32.9 Å². The zero-order valence-corrected chi connectivity index (χ0v) is 14.9. The number of carbonyl (C=O) groups is 1. The molecule has 0 bridgehead atoms. The summed E-state index contributed by atoms with van der Waals surface area (Å²) in [5.74, 6) is -1.19. The number of nitrogens with zero attached hydrogens (tertiary/aromatic N) is 2. The average Bonchev–Trinajstić information content (AvgIpc) is 2.67. The molecule has 0 saturated heterocycles. The minimum Gasteiger partial charge on any atom is -0.461 e. The number of nitrogens with one attached hydrogen (secondary N) is 1. The zero-order chi connectivity index (χ0) is 21.8. The van der Waals surface area contributed by atoms with Crippen LogP contribution in [0.4, 0.5) is 24.5 Å². The van der Waals surface area contributed by atoms with Crippen LogP contribution >= 0.6 is 0 Å². The maximum atomic E-state index is 13.0. The lowest BCUT2D eigenvalue weighted by Gasteiger charge is -2.28. The molecule has 2 aromatic rings. The van der Waals surface area contributed by atoms with Gasteiger partial charge in [0, 0.05) is 5.69 Å². The van der Waals surface area contributed by atoms with Crippen LogP contribution in [0.5, 0.6) is 5.75 Å². The summed E-state index contributed by atoms with van der Waals surface area (Å²) in [4.78, 5) is 15.1. The Hall–Kier alpha value is -3.60. The summed E-state index contributed by atoms with van der Waals surface area (Å²) in [5, 5.41) is 31.1. The molecule has 0 heterocycles. The van der Waals surface area contributed by atoms with E-state index >= 15 is 0 Å². The second-order valence-corrected chi connectivity index (χ2v) is 6.05. The Labute approximate surface area is 163 Å². The third-order valence-corrected chi connectivity index (χ3v) is 3.85. The Kier molecular flexibility index (Phi) is 6.12. The van der Waals surface area contributed by atoms with Crippen molar-refractivity contribution in [1.29, 1.82) is 5.26 Å². The summed E-state index contributed by atoms with van der Waals surface area (Å²) in [6.45, 7) is 7.71. The molecular formula is C19H14F3N3O4. The van der Waals surface area contributed by atoms with Gasteiger partial charge in [0.15, 0.2) is 5.69 Å². The first-order valence-electron chi connectivity index (χ1n) is 7.96. The Balaban J connectivity index is 2.18. The molecule has 0 fully saturated rings. The second kappa shape index (κ2) is 8.19. The first-order valence-corrected chi connectivity index (χ1v) is 7.96. The van der Waals surface area contributed by atoms with E-state index in [-0.39, 0.29) is 11.4 Å². The molecule has 0 aromatic heterocycles. The fraction of sp³-hybridized carbons (Fsp3) is 0.211. The number of aliphatic hydroxyl groups is 2. The van der Waals surface area contributed by atoms with E-state index in [9.17, 15) is 28.2 Å². The third-order valence-electron chi connectivity index (χ3n) is 3.85. The normalized spacial score (nSPS) is 14.1. The van der Waals surface area contributed by atoms with Crippen molar-refractivity contribution in [1.82, 2.24) is 0 Å². The van der Waals surface area contributed by atoms with Crippen LogP contribution in [-0.2, 0) is 11.0 Å². The van der Waals surface area contributed by atoms with Crippen molar-refractivity contribution >= 4 is 17.3 Å². The number of halogens is 3. The van der Waals surface area contributed by atoms with E-state index < -0.39 is 35.2 Å². The fourth-order valence-corrected chi connectivity index (χ4v) is 2.16. The third kappa shape index (κ3) is 5.02. The summed E-state index contributed by atoms with van der Waals surface area (Å²) < 4.78 is 44.1. The highest BCUT2D eigenvalue weighted by Gasteiger charge is 2.41. The second-order valence-electron chi connectivity index (χ2n) is 6.05. The molecule has 150 valence electrons. The van der Waals surface area contributed by atoms with Crippen LogP contribution in [0.25, 0.3) is 4.85 Å². The van der Waals surface area contributed by atoms with E-state index in [0.29, 0.717) is 11.6 Å². The summed E-state index contributed by atoms with van der Waals surface area (Å²) in [7, 11) is 0. The van der Waals surface area contributed by atoms with Crippen LogP contribution in [0.15, 0.2) is 42.5 Å². The molecule has 3 N–H and O–H groups in total. The first-order chi connectivity index (χ1) is 13.5. The van der Waals surface area contributed by atoms with Crippen molar-refractivity contribution in [2.45, 2.75) is 25.0 Å². The minimum absolute atomic E-state index is 0.0466. The molecule has 7 nitrogen and oxygen atoms in total. The van der Waals surface area contributed by atoms with Crippen molar-refractivity contribution in [2.75, 3.05) is 5.32 Å². The quantitative estimate of drug-likeness (QED) is 0.523. The molecule has 2 rings (SSSR count). The van der Waals surface area contributed by atoms with Gasteiger partial charge in [-0.05, 0) is 43.3 Å². The number of ether oxygens (including phenoxy) is 1. The molecule has 0 radical (unpaired) electrons. The lowest BCUT2D eigenvalue weighted by molar-refractivity contribution is -0.174. The van der Waals surface area contributed by atoms with Gasteiger partial charge in [0.2, 0.25) is 11.9 Å². The number of rotatable bonds is 5. The van der Waals surface area contributed by atoms with Crippen molar-refractivity contribution in [3.63, 3.8) is 0 Å². The molecule has 0 saturated carbocycles. The smallest absolute Gasteiger partial charge is 0.407 e. The predicted octanol–water partition coefficient (Wildman–Crippen LogP) is 3.21. The highest BCUT2D eigenvalue weighted by Crippen LogP contribution is 2.38. The standard InChI is InChI=1S/C19H14F3N3O4/c1-18(28,17(27)29-13-6-3-11(10-23)4-7-13)16(26)25-12-5-8-15(24-2)14(9-12)19(20,21)22/h3-9,17,27-28H,1H3,(H,25,26)/t17?,18-/m1/s1. The molecule has 1 unspecified atom stereocenters. The first kappa shape index (κ1) is 21.7. The van der Waals surface area contributed by atoms with Crippen molar-refractivity contribution in [2.24, 2.45) is 0 Å². The molecule has 0 aliphatic rings. The SMILES string of the molecule is [C-]#[N+]c1ccc(NC(=O)[C@@](C)(O)C(O)Oc2ccc(C#N)cc2)cc1C(F)(F)F. The van der Waals surface area contributed by atoms with Gasteiger partial charge in [0.25, 0.3) is 5.91 Å². The van der Waals surface area contributed by atoms with Gasteiger partial charge < -0.3 is 20.3 Å². The lowest BCUT2D eigenvalue weighted by atomic mass is 10.0. The van der Waals surface area contributed by atoms with E-state index in [1.165, 1.54) is 24.3 Å². The molecule has 2 atom stereocenters. The van der Waals surface area contributed by atoms with Crippen LogP contribution in [-0.4, -0.2) is 28.0 Å². The van der Waals surface area contributed by atoms with Crippen LogP contribution in [0.2, 0.25) is 0 Å². The van der Waals surface area contributed by atoms with Crippen LogP contribution in [0.3, 0.4) is 0 Å². The largest absolute Gasteiger partial charge is 0.461 e. The van der Waals surface area contributed by atoms with Crippen LogP contribution < -0.4 is 10.1 Å². The topological polar surface area (TPSA) is 107 Å². The van der Waals surface area contributed by atoms with Crippen LogP contribution in [0.1, 0.15) is 18.1 Å². The summed E-state index contributed by atoms with van der Waals surface area (Å²) >= 11 is 0. The maximum Gasteiger partial charge on any atom is 0.407 e.